The maximum atomic E-state index is 11.8. The van der Waals surface area contributed by atoms with Crippen LogP contribution in [0.3, 0.4) is 0 Å². The summed E-state index contributed by atoms with van der Waals surface area (Å²) in [6.07, 6.45) is 1.43. The van der Waals surface area contributed by atoms with E-state index in [1.807, 2.05) is 24.3 Å². The Labute approximate surface area is 118 Å². The highest BCUT2D eigenvalue weighted by molar-refractivity contribution is 7.87. The van der Waals surface area contributed by atoms with Crippen molar-refractivity contribution in [3.05, 3.63) is 36.2 Å². The van der Waals surface area contributed by atoms with Crippen molar-refractivity contribution >= 4 is 10.2 Å². The molecule has 2 rings (SSSR count). The minimum atomic E-state index is -3.43. The van der Waals surface area contributed by atoms with Gasteiger partial charge < -0.3 is 0 Å². The van der Waals surface area contributed by atoms with Crippen molar-refractivity contribution in [3.63, 3.8) is 0 Å². The van der Waals surface area contributed by atoms with Gasteiger partial charge in [0.25, 0.3) is 10.2 Å². The Kier molecular flexibility index (Phi) is 4.48. The van der Waals surface area contributed by atoms with Crippen LogP contribution in [0.1, 0.15) is 12.5 Å². The van der Waals surface area contributed by atoms with E-state index in [0.717, 1.165) is 11.1 Å². The molecule has 1 heterocycles. The maximum Gasteiger partial charge on any atom is 0.279 e. The molecule has 0 aliphatic heterocycles. The van der Waals surface area contributed by atoms with Crippen LogP contribution in [0, 0.1) is 0 Å². The zero-order valence-corrected chi connectivity index (χ0v) is 12.2. The fourth-order valence-electron chi connectivity index (χ4n) is 1.63. The lowest BCUT2D eigenvalue weighted by atomic mass is 10.1. The number of aromatic nitrogens is 3. The van der Waals surface area contributed by atoms with Crippen molar-refractivity contribution in [2.75, 3.05) is 13.6 Å². The van der Waals surface area contributed by atoms with Crippen molar-refractivity contribution in [1.29, 1.82) is 0 Å². The first-order valence-electron chi connectivity index (χ1n) is 6.18. The predicted octanol–water partition coefficient (Wildman–Crippen LogP) is 0.758. The monoisotopic (exact) mass is 295 g/mol. The number of H-pyrrole nitrogens is 1. The van der Waals surface area contributed by atoms with Crippen LogP contribution in [0.2, 0.25) is 0 Å². The van der Waals surface area contributed by atoms with E-state index in [9.17, 15) is 8.42 Å². The summed E-state index contributed by atoms with van der Waals surface area (Å²) >= 11 is 0. The Morgan fingerprint density at radius 2 is 2.20 bits per heavy atom. The van der Waals surface area contributed by atoms with Crippen molar-refractivity contribution in [1.82, 2.24) is 24.2 Å². The molecule has 0 radical (unpaired) electrons. The molecule has 0 aliphatic rings. The third-order valence-electron chi connectivity index (χ3n) is 2.93. The first-order valence-corrected chi connectivity index (χ1v) is 7.62. The average Bonchev–Trinajstić information content (AvgIpc) is 2.99. The van der Waals surface area contributed by atoms with E-state index in [4.69, 9.17) is 0 Å². The lowest BCUT2D eigenvalue weighted by molar-refractivity contribution is 0.473. The first kappa shape index (κ1) is 14.6. The number of hydrogen-bond donors (Lipinski definition) is 2. The van der Waals surface area contributed by atoms with Gasteiger partial charge >= 0.3 is 0 Å². The molecule has 0 saturated heterocycles. The van der Waals surface area contributed by atoms with Gasteiger partial charge in [-0.2, -0.15) is 22.5 Å². The van der Waals surface area contributed by atoms with E-state index in [1.54, 1.807) is 6.92 Å². The van der Waals surface area contributed by atoms with Gasteiger partial charge in [0.1, 0.15) is 6.33 Å². The lowest BCUT2D eigenvalue weighted by Gasteiger charge is -2.15. The zero-order valence-electron chi connectivity index (χ0n) is 11.4. The third kappa shape index (κ3) is 3.41. The molecule has 20 heavy (non-hydrogen) atoms. The second-order valence-corrected chi connectivity index (χ2v) is 6.14. The SMILES string of the molecule is CCN(C)S(=O)(=O)NCc1cccc(-c2ncn[nH]2)c1. The van der Waals surface area contributed by atoms with Crippen molar-refractivity contribution in [2.24, 2.45) is 0 Å². The summed E-state index contributed by atoms with van der Waals surface area (Å²) in [5, 5.41) is 6.57. The highest BCUT2D eigenvalue weighted by Gasteiger charge is 2.14. The molecule has 0 atom stereocenters. The van der Waals surface area contributed by atoms with Crippen molar-refractivity contribution < 1.29 is 8.42 Å². The van der Waals surface area contributed by atoms with E-state index >= 15 is 0 Å². The van der Waals surface area contributed by atoms with E-state index < -0.39 is 10.2 Å². The highest BCUT2D eigenvalue weighted by Crippen LogP contribution is 2.15. The fourth-order valence-corrected chi connectivity index (χ4v) is 2.54. The van der Waals surface area contributed by atoms with Gasteiger partial charge in [-0.25, -0.2) is 4.98 Å². The van der Waals surface area contributed by atoms with Crippen LogP contribution in [0.4, 0.5) is 0 Å². The van der Waals surface area contributed by atoms with Gasteiger partial charge in [-0.3, -0.25) is 5.10 Å². The Hall–Kier alpha value is -1.77. The van der Waals surface area contributed by atoms with Crippen LogP contribution in [0.15, 0.2) is 30.6 Å². The molecule has 0 bridgehead atoms. The second-order valence-electron chi connectivity index (χ2n) is 4.27. The summed E-state index contributed by atoms with van der Waals surface area (Å²) in [7, 11) is -1.89. The molecule has 2 N–H and O–H groups in total. The summed E-state index contributed by atoms with van der Waals surface area (Å²) in [5.74, 6) is 0.653. The molecule has 8 heteroatoms. The summed E-state index contributed by atoms with van der Waals surface area (Å²) in [6.45, 7) is 2.44. The Bertz CT molecular complexity index is 654. The van der Waals surface area contributed by atoms with Crippen LogP contribution in [0.5, 0.6) is 0 Å². The largest absolute Gasteiger partial charge is 0.279 e. The number of rotatable bonds is 6. The molecule has 0 aliphatic carbocycles. The number of benzene rings is 1. The maximum absolute atomic E-state index is 11.8. The molecule has 0 unspecified atom stereocenters. The van der Waals surface area contributed by atoms with Gasteiger partial charge in [-0.1, -0.05) is 25.1 Å². The zero-order chi connectivity index (χ0) is 14.6. The molecular weight excluding hydrogens is 278 g/mol. The van der Waals surface area contributed by atoms with E-state index in [1.165, 1.54) is 17.7 Å². The molecule has 2 aromatic rings. The summed E-state index contributed by atoms with van der Waals surface area (Å²) < 4.78 is 27.5. The van der Waals surface area contributed by atoms with Gasteiger partial charge in [0.15, 0.2) is 5.82 Å². The number of aromatic amines is 1. The molecule has 0 amide bonds. The normalized spacial score (nSPS) is 11.9. The number of nitrogens with zero attached hydrogens (tertiary/aromatic N) is 3. The number of hydrogen-bond acceptors (Lipinski definition) is 4. The minimum absolute atomic E-state index is 0.231. The van der Waals surface area contributed by atoms with Crippen LogP contribution >= 0.6 is 0 Å². The van der Waals surface area contributed by atoms with Crippen molar-refractivity contribution in [2.45, 2.75) is 13.5 Å². The third-order valence-corrected chi connectivity index (χ3v) is 4.52. The average molecular weight is 295 g/mol. The summed E-state index contributed by atoms with van der Waals surface area (Å²) in [5.41, 5.74) is 1.72. The number of nitrogens with one attached hydrogen (secondary N) is 2. The Morgan fingerprint density at radius 1 is 1.40 bits per heavy atom. The van der Waals surface area contributed by atoms with Gasteiger partial charge in [0.05, 0.1) is 0 Å². The summed E-state index contributed by atoms with van der Waals surface area (Å²) in [4.78, 5) is 4.06. The quantitative estimate of drug-likeness (QED) is 0.823. The standard InChI is InChI=1S/C12H17N5O2S/c1-3-17(2)20(18,19)15-8-10-5-4-6-11(7-10)12-13-9-14-16-12/h4-7,9,15H,3,8H2,1-2H3,(H,13,14,16). The predicted molar refractivity (Wildman–Crippen MR) is 75.9 cm³/mol. The smallest absolute Gasteiger partial charge is 0.259 e. The van der Waals surface area contributed by atoms with Crippen LogP contribution in [-0.4, -0.2) is 41.5 Å². The molecule has 1 aromatic heterocycles. The topological polar surface area (TPSA) is 91.0 Å². The molecule has 108 valence electrons. The van der Waals surface area contributed by atoms with Crippen LogP contribution in [-0.2, 0) is 16.8 Å². The highest BCUT2D eigenvalue weighted by atomic mass is 32.2. The molecule has 7 nitrogen and oxygen atoms in total. The molecule has 0 fully saturated rings. The van der Waals surface area contributed by atoms with Gasteiger partial charge in [0, 0.05) is 25.7 Å². The van der Waals surface area contributed by atoms with Gasteiger partial charge in [-0.05, 0) is 11.6 Å². The van der Waals surface area contributed by atoms with Crippen LogP contribution in [0.25, 0.3) is 11.4 Å². The first-order chi connectivity index (χ1) is 9.53. The Balaban J connectivity index is 2.10. The molecule has 0 spiro atoms. The molecule has 0 saturated carbocycles. The van der Waals surface area contributed by atoms with Crippen molar-refractivity contribution in [3.8, 4) is 11.4 Å². The molecular formula is C12H17N5O2S. The Morgan fingerprint density at radius 3 is 2.85 bits per heavy atom. The van der Waals surface area contributed by atoms with Gasteiger partial charge in [-0.15, -0.1) is 0 Å². The van der Waals surface area contributed by atoms with Crippen LogP contribution < -0.4 is 4.72 Å². The minimum Gasteiger partial charge on any atom is -0.259 e. The fraction of sp³-hybridized carbons (Fsp3) is 0.333. The van der Waals surface area contributed by atoms with Gasteiger partial charge in [0.2, 0.25) is 0 Å². The molecule has 1 aromatic carbocycles. The summed E-state index contributed by atoms with van der Waals surface area (Å²) in [6, 6.07) is 7.46. The van der Waals surface area contributed by atoms with E-state index in [0.29, 0.717) is 12.4 Å². The van der Waals surface area contributed by atoms with E-state index in [2.05, 4.69) is 19.9 Å². The van der Waals surface area contributed by atoms with E-state index in [-0.39, 0.29) is 6.54 Å². The second kappa shape index (κ2) is 6.12. The lowest BCUT2D eigenvalue weighted by Crippen LogP contribution is -2.37.